The molecule has 0 bridgehead atoms. The van der Waals surface area contributed by atoms with Crippen molar-refractivity contribution in [2.75, 3.05) is 0 Å². The monoisotopic (exact) mass is 347 g/mol. The second kappa shape index (κ2) is 4.62. The van der Waals surface area contributed by atoms with Gasteiger partial charge in [-0.15, -0.1) is 11.3 Å². The second-order valence-corrected chi connectivity index (χ2v) is 5.53. The average Bonchev–Trinajstić information content (AvgIpc) is 2.65. The highest BCUT2D eigenvalue weighted by Crippen LogP contribution is 2.10. The van der Waals surface area contributed by atoms with E-state index in [1.54, 1.807) is 22.1 Å². The molecule has 2 aromatic rings. The fraction of sp³-hybridized carbons (Fsp3) is 0.300. The zero-order valence-corrected chi connectivity index (χ0v) is 11.9. The first-order chi connectivity index (χ1) is 7.58. The molecular formula is C10H10IN3OS. The first-order valence-corrected chi connectivity index (χ1v) is 6.66. The van der Waals surface area contributed by atoms with Gasteiger partial charge in [0.2, 0.25) is 0 Å². The number of aryl methyl sites for hydroxylation is 2. The average molecular weight is 347 g/mol. The van der Waals surface area contributed by atoms with Crippen LogP contribution in [0.2, 0.25) is 0 Å². The third-order valence-corrected chi connectivity index (χ3v) is 3.86. The number of nitrogens with zero attached hydrogens (tertiary/aromatic N) is 3. The Hall–Kier alpha value is -0.760. The van der Waals surface area contributed by atoms with E-state index in [-0.39, 0.29) is 5.56 Å². The van der Waals surface area contributed by atoms with Crippen molar-refractivity contribution in [2.45, 2.75) is 20.4 Å². The summed E-state index contributed by atoms with van der Waals surface area (Å²) in [4.78, 5) is 20.4. The molecule has 0 atom stereocenters. The summed E-state index contributed by atoms with van der Waals surface area (Å²) in [5.41, 5.74) is 0.991. The van der Waals surface area contributed by atoms with Crippen molar-refractivity contribution in [1.29, 1.82) is 0 Å². The summed E-state index contributed by atoms with van der Waals surface area (Å²) < 4.78 is 2.29. The van der Waals surface area contributed by atoms with Gasteiger partial charge in [0.25, 0.3) is 5.56 Å². The number of thiazole rings is 1. The highest BCUT2D eigenvalue weighted by atomic mass is 127. The highest BCUT2D eigenvalue weighted by molar-refractivity contribution is 14.1. The molecule has 0 fully saturated rings. The molecule has 0 aliphatic heterocycles. The van der Waals surface area contributed by atoms with Crippen LogP contribution in [0.5, 0.6) is 0 Å². The number of halogens is 1. The summed E-state index contributed by atoms with van der Waals surface area (Å²) in [5.74, 6) is 0.721. The molecule has 2 rings (SSSR count). The zero-order valence-electron chi connectivity index (χ0n) is 8.90. The second-order valence-electron chi connectivity index (χ2n) is 3.43. The Labute approximate surface area is 111 Å². The Bertz CT molecular complexity index is 576. The Morgan fingerprint density at radius 2 is 2.25 bits per heavy atom. The minimum absolute atomic E-state index is 0.000882. The van der Waals surface area contributed by atoms with Crippen molar-refractivity contribution >= 4 is 33.9 Å². The van der Waals surface area contributed by atoms with Crippen LogP contribution in [0, 0.1) is 17.4 Å². The van der Waals surface area contributed by atoms with E-state index in [2.05, 4.69) is 9.97 Å². The van der Waals surface area contributed by atoms with Crippen LogP contribution in [0.25, 0.3) is 0 Å². The molecule has 0 radical (unpaired) electrons. The van der Waals surface area contributed by atoms with Gasteiger partial charge in [0.05, 0.1) is 10.1 Å². The Kier molecular flexibility index (Phi) is 3.38. The lowest BCUT2D eigenvalue weighted by molar-refractivity contribution is 0.690. The summed E-state index contributed by atoms with van der Waals surface area (Å²) in [6.07, 6.45) is 1.60. The molecule has 0 unspecified atom stereocenters. The van der Waals surface area contributed by atoms with E-state index in [4.69, 9.17) is 0 Å². The van der Waals surface area contributed by atoms with E-state index in [0.717, 1.165) is 16.5 Å². The fourth-order valence-corrected chi connectivity index (χ4v) is 2.54. The molecule has 4 nitrogen and oxygen atoms in total. The molecular weight excluding hydrogens is 337 g/mol. The lowest BCUT2D eigenvalue weighted by atomic mass is 10.5. The van der Waals surface area contributed by atoms with Gasteiger partial charge in [-0.3, -0.25) is 9.36 Å². The van der Waals surface area contributed by atoms with Gasteiger partial charge in [-0.2, -0.15) is 0 Å². The smallest absolute Gasteiger partial charge is 0.267 e. The molecule has 84 valence electrons. The summed E-state index contributed by atoms with van der Waals surface area (Å²) in [5, 5.41) is 2.92. The minimum Gasteiger partial charge on any atom is -0.289 e. The van der Waals surface area contributed by atoms with Gasteiger partial charge >= 0.3 is 0 Å². The number of aromatic nitrogens is 3. The molecule has 0 aromatic carbocycles. The van der Waals surface area contributed by atoms with Crippen molar-refractivity contribution in [1.82, 2.24) is 14.5 Å². The van der Waals surface area contributed by atoms with Crippen LogP contribution >= 0.6 is 33.9 Å². The van der Waals surface area contributed by atoms with Crippen LogP contribution < -0.4 is 5.56 Å². The van der Waals surface area contributed by atoms with Gasteiger partial charge in [0.15, 0.2) is 0 Å². The SMILES string of the molecule is Cc1csc(Cn2c(C)ncc(I)c2=O)n1. The zero-order chi connectivity index (χ0) is 11.7. The molecule has 6 heteroatoms. The fourth-order valence-electron chi connectivity index (χ4n) is 1.35. The molecule has 0 spiro atoms. The molecule has 0 saturated carbocycles. The maximum atomic E-state index is 11.9. The largest absolute Gasteiger partial charge is 0.289 e. The molecule has 0 aliphatic rings. The Morgan fingerprint density at radius 1 is 1.50 bits per heavy atom. The molecule has 16 heavy (non-hydrogen) atoms. The third kappa shape index (κ3) is 2.32. The van der Waals surface area contributed by atoms with E-state index < -0.39 is 0 Å². The van der Waals surface area contributed by atoms with Crippen molar-refractivity contribution in [3.8, 4) is 0 Å². The van der Waals surface area contributed by atoms with Gasteiger partial charge in [-0.1, -0.05) is 0 Å². The van der Waals surface area contributed by atoms with Gasteiger partial charge in [-0.05, 0) is 36.4 Å². The highest BCUT2D eigenvalue weighted by Gasteiger charge is 2.07. The maximum Gasteiger partial charge on any atom is 0.267 e. The van der Waals surface area contributed by atoms with Crippen LogP contribution in [0.15, 0.2) is 16.4 Å². The van der Waals surface area contributed by atoms with Crippen LogP contribution in [-0.2, 0) is 6.54 Å². The summed E-state index contributed by atoms with van der Waals surface area (Å²) >= 11 is 3.57. The van der Waals surface area contributed by atoms with E-state index in [1.165, 1.54) is 0 Å². The van der Waals surface area contributed by atoms with E-state index in [0.29, 0.717) is 10.1 Å². The first-order valence-electron chi connectivity index (χ1n) is 4.71. The predicted octanol–water partition coefficient (Wildman–Crippen LogP) is 1.97. The van der Waals surface area contributed by atoms with Crippen molar-refractivity contribution in [2.24, 2.45) is 0 Å². The third-order valence-electron chi connectivity index (χ3n) is 2.16. The van der Waals surface area contributed by atoms with Crippen molar-refractivity contribution < 1.29 is 0 Å². The van der Waals surface area contributed by atoms with Crippen LogP contribution in [0.3, 0.4) is 0 Å². The quantitative estimate of drug-likeness (QED) is 0.781. The number of rotatable bonds is 2. The molecule has 0 N–H and O–H groups in total. The van der Waals surface area contributed by atoms with Crippen LogP contribution in [0.1, 0.15) is 16.5 Å². The number of hydrogen-bond donors (Lipinski definition) is 0. The summed E-state index contributed by atoms with van der Waals surface area (Å²) in [7, 11) is 0. The van der Waals surface area contributed by atoms with E-state index >= 15 is 0 Å². The van der Waals surface area contributed by atoms with Crippen molar-refractivity contribution in [3.05, 3.63) is 42.0 Å². The molecule has 2 heterocycles. The Balaban J connectivity index is 2.42. The van der Waals surface area contributed by atoms with Gasteiger partial charge in [0.1, 0.15) is 10.8 Å². The maximum absolute atomic E-state index is 11.9. The minimum atomic E-state index is 0.000882. The Morgan fingerprint density at radius 3 is 2.88 bits per heavy atom. The molecule has 0 saturated heterocycles. The van der Waals surface area contributed by atoms with Crippen molar-refractivity contribution in [3.63, 3.8) is 0 Å². The lowest BCUT2D eigenvalue weighted by Gasteiger charge is -2.06. The molecule has 0 aliphatic carbocycles. The van der Waals surface area contributed by atoms with Crippen LogP contribution in [0.4, 0.5) is 0 Å². The van der Waals surface area contributed by atoms with E-state index in [1.807, 2.05) is 41.8 Å². The summed E-state index contributed by atoms with van der Waals surface area (Å²) in [6, 6.07) is 0. The van der Waals surface area contributed by atoms with Gasteiger partial charge < -0.3 is 0 Å². The topological polar surface area (TPSA) is 47.8 Å². The molecule has 0 amide bonds. The lowest BCUT2D eigenvalue weighted by Crippen LogP contribution is -2.26. The number of hydrogen-bond acceptors (Lipinski definition) is 4. The standard InChI is InChI=1S/C10H10IN3OS/c1-6-5-16-9(13-6)4-14-7(2)12-3-8(11)10(14)15/h3,5H,4H2,1-2H3. The first kappa shape index (κ1) is 11.7. The van der Waals surface area contributed by atoms with Crippen LogP contribution in [-0.4, -0.2) is 14.5 Å². The predicted molar refractivity (Wildman–Crippen MR) is 71.9 cm³/mol. The van der Waals surface area contributed by atoms with E-state index in [9.17, 15) is 4.79 Å². The normalized spacial score (nSPS) is 10.7. The molecule has 2 aromatic heterocycles. The summed E-state index contributed by atoms with van der Waals surface area (Å²) in [6.45, 7) is 4.29. The van der Waals surface area contributed by atoms with Gasteiger partial charge in [0, 0.05) is 17.3 Å². The van der Waals surface area contributed by atoms with Gasteiger partial charge in [-0.25, -0.2) is 9.97 Å².